The van der Waals surface area contributed by atoms with E-state index in [-0.39, 0.29) is 5.91 Å². The SMILES string of the molecule is Cc1ccccc1Cn1c(SCc2ccc(C(=O)NC3CCCC3)cc2)nc2ccncc21. The van der Waals surface area contributed by atoms with E-state index in [2.05, 4.69) is 46.1 Å². The number of thioether (sulfide) groups is 1. The van der Waals surface area contributed by atoms with E-state index >= 15 is 0 Å². The van der Waals surface area contributed by atoms with Crippen molar-refractivity contribution in [3.8, 4) is 0 Å². The molecule has 6 heteroatoms. The van der Waals surface area contributed by atoms with E-state index in [0.29, 0.717) is 6.04 Å². The van der Waals surface area contributed by atoms with E-state index < -0.39 is 0 Å². The molecular weight excluding hydrogens is 428 g/mol. The van der Waals surface area contributed by atoms with Crippen molar-refractivity contribution >= 4 is 28.7 Å². The molecule has 168 valence electrons. The van der Waals surface area contributed by atoms with Crippen LogP contribution in [0.2, 0.25) is 0 Å². The maximum absolute atomic E-state index is 12.5. The van der Waals surface area contributed by atoms with Crippen molar-refractivity contribution in [3.63, 3.8) is 0 Å². The third-order valence-corrected chi connectivity index (χ3v) is 7.43. The Bertz CT molecular complexity index is 1260. The molecule has 1 aliphatic carbocycles. The molecule has 0 radical (unpaired) electrons. The standard InChI is InChI=1S/C27H28N4OS/c1-19-6-2-3-7-22(19)17-31-25-16-28-15-14-24(25)30-27(31)33-18-20-10-12-21(13-11-20)26(32)29-23-8-4-5-9-23/h2-3,6-7,10-16,23H,4-5,8-9,17-18H2,1H3,(H,29,32). The Labute approximate surface area is 198 Å². The summed E-state index contributed by atoms with van der Waals surface area (Å²) in [5.74, 6) is 0.823. The van der Waals surface area contributed by atoms with Gasteiger partial charge in [0.15, 0.2) is 5.16 Å². The van der Waals surface area contributed by atoms with Crippen molar-refractivity contribution in [2.75, 3.05) is 0 Å². The molecular formula is C27H28N4OS. The van der Waals surface area contributed by atoms with Gasteiger partial charge in [0.05, 0.1) is 23.8 Å². The Morgan fingerprint density at radius 3 is 2.67 bits per heavy atom. The highest BCUT2D eigenvalue weighted by molar-refractivity contribution is 7.98. The van der Waals surface area contributed by atoms with Gasteiger partial charge in [-0.15, -0.1) is 0 Å². The molecule has 1 N–H and O–H groups in total. The van der Waals surface area contributed by atoms with Crippen LogP contribution in [0.5, 0.6) is 0 Å². The third kappa shape index (κ3) is 4.96. The van der Waals surface area contributed by atoms with Crippen LogP contribution in [0.1, 0.15) is 52.7 Å². The summed E-state index contributed by atoms with van der Waals surface area (Å²) in [6, 6.07) is 18.7. The van der Waals surface area contributed by atoms with Gasteiger partial charge >= 0.3 is 0 Å². The minimum Gasteiger partial charge on any atom is -0.349 e. The molecule has 0 bridgehead atoms. The molecule has 1 amide bonds. The van der Waals surface area contributed by atoms with Crippen LogP contribution in [0, 0.1) is 6.92 Å². The van der Waals surface area contributed by atoms with Gasteiger partial charge in [0.2, 0.25) is 0 Å². The maximum Gasteiger partial charge on any atom is 0.251 e. The summed E-state index contributed by atoms with van der Waals surface area (Å²) in [5.41, 5.74) is 6.45. The summed E-state index contributed by atoms with van der Waals surface area (Å²) in [5, 5.41) is 4.14. The first-order valence-electron chi connectivity index (χ1n) is 11.5. The fraction of sp³-hybridized carbons (Fsp3) is 0.296. The zero-order valence-corrected chi connectivity index (χ0v) is 19.6. The van der Waals surface area contributed by atoms with Crippen LogP contribution in [0.25, 0.3) is 11.0 Å². The Balaban J connectivity index is 1.31. The number of nitrogens with one attached hydrogen (secondary N) is 1. The summed E-state index contributed by atoms with van der Waals surface area (Å²) in [7, 11) is 0. The number of rotatable bonds is 7. The molecule has 0 spiro atoms. The second-order valence-corrected chi connectivity index (χ2v) is 9.65. The van der Waals surface area contributed by atoms with Crippen LogP contribution in [0.4, 0.5) is 0 Å². The van der Waals surface area contributed by atoms with E-state index in [1.165, 1.54) is 29.5 Å². The van der Waals surface area contributed by atoms with Gasteiger partial charge in [0.25, 0.3) is 5.91 Å². The molecule has 0 aliphatic heterocycles. The van der Waals surface area contributed by atoms with Crippen LogP contribution in [0.3, 0.4) is 0 Å². The van der Waals surface area contributed by atoms with Crippen LogP contribution < -0.4 is 5.32 Å². The van der Waals surface area contributed by atoms with Gasteiger partial charge in [-0.2, -0.15) is 0 Å². The van der Waals surface area contributed by atoms with E-state index in [4.69, 9.17) is 4.98 Å². The highest BCUT2D eigenvalue weighted by Gasteiger charge is 2.18. The summed E-state index contributed by atoms with van der Waals surface area (Å²) in [6.07, 6.45) is 8.30. The van der Waals surface area contributed by atoms with E-state index in [0.717, 1.165) is 46.9 Å². The highest BCUT2D eigenvalue weighted by Crippen LogP contribution is 2.28. The fourth-order valence-electron chi connectivity index (χ4n) is 4.41. The molecule has 1 aliphatic rings. The molecule has 1 saturated carbocycles. The number of benzene rings is 2. The highest BCUT2D eigenvalue weighted by atomic mass is 32.2. The first-order valence-corrected chi connectivity index (χ1v) is 12.5. The van der Waals surface area contributed by atoms with Gasteiger partial charge in [-0.25, -0.2) is 4.98 Å². The third-order valence-electron chi connectivity index (χ3n) is 6.38. The van der Waals surface area contributed by atoms with Crippen LogP contribution >= 0.6 is 11.8 Å². The predicted octanol–water partition coefficient (Wildman–Crippen LogP) is 5.75. The van der Waals surface area contributed by atoms with Crippen molar-refractivity contribution in [3.05, 3.63) is 89.2 Å². The van der Waals surface area contributed by atoms with Gasteiger partial charge in [0.1, 0.15) is 0 Å². The predicted molar refractivity (Wildman–Crippen MR) is 134 cm³/mol. The van der Waals surface area contributed by atoms with Crippen molar-refractivity contribution < 1.29 is 4.79 Å². The van der Waals surface area contributed by atoms with Gasteiger partial charge in [-0.3, -0.25) is 9.78 Å². The summed E-state index contributed by atoms with van der Waals surface area (Å²) in [6.45, 7) is 2.90. The number of aromatic nitrogens is 3. The van der Waals surface area contributed by atoms with Gasteiger partial charge in [-0.05, 0) is 54.7 Å². The minimum absolute atomic E-state index is 0.0358. The molecule has 2 aromatic carbocycles. The van der Waals surface area contributed by atoms with E-state index in [9.17, 15) is 4.79 Å². The molecule has 0 saturated heterocycles. The Hall–Kier alpha value is -3.12. The monoisotopic (exact) mass is 456 g/mol. The molecule has 33 heavy (non-hydrogen) atoms. The average Bonchev–Trinajstić information content (AvgIpc) is 3.47. The van der Waals surface area contributed by atoms with E-state index in [1.807, 2.05) is 36.5 Å². The minimum atomic E-state index is 0.0358. The Morgan fingerprint density at radius 1 is 1.09 bits per heavy atom. The first kappa shape index (κ1) is 21.7. The maximum atomic E-state index is 12.5. The lowest BCUT2D eigenvalue weighted by Gasteiger charge is -2.12. The number of imidazole rings is 1. The number of hydrogen-bond acceptors (Lipinski definition) is 4. The van der Waals surface area contributed by atoms with E-state index in [1.54, 1.807) is 18.0 Å². The summed E-state index contributed by atoms with van der Waals surface area (Å²) in [4.78, 5) is 21.7. The number of nitrogens with zero attached hydrogens (tertiary/aromatic N) is 3. The lowest BCUT2D eigenvalue weighted by atomic mass is 10.1. The lowest BCUT2D eigenvalue weighted by Crippen LogP contribution is -2.32. The smallest absolute Gasteiger partial charge is 0.251 e. The molecule has 2 aromatic heterocycles. The largest absolute Gasteiger partial charge is 0.349 e. The number of fused-ring (bicyclic) bond motifs is 1. The van der Waals surface area contributed by atoms with Crippen LogP contribution in [0.15, 0.2) is 72.1 Å². The molecule has 5 nitrogen and oxygen atoms in total. The first-order chi connectivity index (χ1) is 16.2. The lowest BCUT2D eigenvalue weighted by molar-refractivity contribution is 0.0938. The van der Waals surface area contributed by atoms with Crippen molar-refractivity contribution in [2.24, 2.45) is 0 Å². The molecule has 0 atom stereocenters. The second-order valence-electron chi connectivity index (χ2n) is 8.71. The normalized spacial score (nSPS) is 14.1. The number of aryl methyl sites for hydroxylation is 1. The summed E-state index contributed by atoms with van der Waals surface area (Å²) >= 11 is 1.71. The molecule has 2 heterocycles. The molecule has 0 unspecified atom stereocenters. The van der Waals surface area contributed by atoms with Crippen LogP contribution in [-0.2, 0) is 12.3 Å². The zero-order valence-electron chi connectivity index (χ0n) is 18.8. The van der Waals surface area contributed by atoms with Gasteiger partial charge in [0, 0.05) is 23.6 Å². The fourth-order valence-corrected chi connectivity index (χ4v) is 5.38. The molecule has 4 aromatic rings. The number of amides is 1. The van der Waals surface area contributed by atoms with Crippen LogP contribution in [-0.4, -0.2) is 26.5 Å². The van der Waals surface area contributed by atoms with Gasteiger partial charge < -0.3 is 9.88 Å². The molecule has 5 rings (SSSR count). The Morgan fingerprint density at radius 2 is 1.88 bits per heavy atom. The topological polar surface area (TPSA) is 59.8 Å². The van der Waals surface area contributed by atoms with Crippen molar-refractivity contribution in [2.45, 2.75) is 56.1 Å². The average molecular weight is 457 g/mol. The summed E-state index contributed by atoms with van der Waals surface area (Å²) < 4.78 is 2.25. The number of carbonyl (C=O) groups excluding carboxylic acids is 1. The Kier molecular flexibility index (Phi) is 6.44. The quantitative estimate of drug-likeness (QED) is 0.360. The number of hydrogen-bond donors (Lipinski definition) is 1. The molecule has 1 fully saturated rings. The second kappa shape index (κ2) is 9.79. The number of pyridine rings is 1. The number of carbonyl (C=O) groups is 1. The zero-order chi connectivity index (χ0) is 22.6. The van der Waals surface area contributed by atoms with Gasteiger partial charge in [-0.1, -0.05) is 61.0 Å². The van der Waals surface area contributed by atoms with Crippen molar-refractivity contribution in [1.82, 2.24) is 19.9 Å². The van der Waals surface area contributed by atoms with Crippen molar-refractivity contribution in [1.29, 1.82) is 0 Å².